The van der Waals surface area contributed by atoms with Gasteiger partial charge < -0.3 is 40.4 Å². The molecule has 0 amide bonds. The fourth-order valence-corrected chi connectivity index (χ4v) is 4.01. The number of carbonyl (C=O) groups excluding carboxylic acids is 1. The van der Waals surface area contributed by atoms with Crippen molar-refractivity contribution in [3.63, 3.8) is 0 Å². The molecular weight excluding hydrogens is 442 g/mol. The first-order valence-electron chi connectivity index (χ1n) is 10.1. The Balaban J connectivity index is 2.47. The Hall–Kier alpha value is -3.38. The highest BCUT2D eigenvalue weighted by Crippen LogP contribution is 2.43. The summed E-state index contributed by atoms with van der Waals surface area (Å²) in [5.41, 5.74) is 6.58. The van der Waals surface area contributed by atoms with Gasteiger partial charge in [0, 0.05) is 25.2 Å². The molecule has 1 saturated heterocycles. The Morgan fingerprint density at radius 2 is 1.55 bits per heavy atom. The molecule has 33 heavy (non-hydrogen) atoms. The topological polar surface area (TPSA) is 203 Å². The number of aliphatic hydroxyl groups is 1. The van der Waals surface area contributed by atoms with E-state index in [-0.39, 0.29) is 24.7 Å². The zero-order valence-electron chi connectivity index (χ0n) is 17.9. The van der Waals surface area contributed by atoms with Gasteiger partial charge in [0.2, 0.25) is 6.29 Å². The molecule has 1 heterocycles. The molecule has 1 fully saturated rings. The van der Waals surface area contributed by atoms with Crippen LogP contribution in [0.3, 0.4) is 0 Å². The first-order valence-corrected chi connectivity index (χ1v) is 10.1. The van der Waals surface area contributed by atoms with Crippen LogP contribution in [0.15, 0.2) is 18.2 Å². The van der Waals surface area contributed by atoms with Crippen LogP contribution in [0, 0.1) is 17.8 Å². The van der Waals surface area contributed by atoms with E-state index >= 15 is 0 Å². The molecule has 12 heteroatoms. The smallest absolute Gasteiger partial charge is 0.303 e. The van der Waals surface area contributed by atoms with Crippen molar-refractivity contribution in [2.24, 2.45) is 17.8 Å². The largest absolute Gasteiger partial charge is 0.481 e. The summed E-state index contributed by atoms with van der Waals surface area (Å²) in [5, 5.41) is 37.5. The summed E-state index contributed by atoms with van der Waals surface area (Å²) in [5.74, 6) is -7.31. The Labute approximate surface area is 188 Å². The molecule has 5 atom stereocenters. The molecule has 0 spiro atoms. The molecule has 1 aliphatic heterocycles. The molecule has 1 aliphatic rings. The lowest BCUT2D eigenvalue weighted by atomic mass is 9.71. The Morgan fingerprint density at radius 1 is 0.970 bits per heavy atom. The number of nitrogens with two attached hydrogens (primary N) is 1. The van der Waals surface area contributed by atoms with Crippen molar-refractivity contribution in [2.75, 3.05) is 12.3 Å². The van der Waals surface area contributed by atoms with E-state index in [9.17, 15) is 39.6 Å². The predicted molar refractivity (Wildman–Crippen MR) is 110 cm³/mol. The van der Waals surface area contributed by atoms with Gasteiger partial charge in [-0.2, -0.15) is 0 Å². The number of benzene rings is 1. The molecule has 0 aliphatic carbocycles. The van der Waals surface area contributed by atoms with E-state index in [4.69, 9.17) is 19.9 Å². The highest BCUT2D eigenvalue weighted by molar-refractivity contribution is 5.70. The van der Waals surface area contributed by atoms with Gasteiger partial charge in [0.25, 0.3) is 0 Å². The minimum atomic E-state index is -1.32. The monoisotopic (exact) mass is 469 g/mol. The van der Waals surface area contributed by atoms with Gasteiger partial charge in [0.15, 0.2) is 0 Å². The molecule has 0 unspecified atom stereocenters. The number of rotatable bonds is 11. The number of aliphatic carboxylic acids is 3. The fourth-order valence-electron chi connectivity index (χ4n) is 4.01. The van der Waals surface area contributed by atoms with Crippen molar-refractivity contribution < 1.29 is 53.8 Å². The van der Waals surface area contributed by atoms with Crippen molar-refractivity contribution in [3.05, 3.63) is 23.8 Å². The van der Waals surface area contributed by atoms with Crippen molar-refractivity contribution in [1.29, 1.82) is 0 Å². The van der Waals surface area contributed by atoms with Crippen LogP contribution in [0.4, 0.5) is 5.69 Å². The molecule has 2 rings (SSSR count). The van der Waals surface area contributed by atoms with E-state index in [1.807, 2.05) is 0 Å². The van der Waals surface area contributed by atoms with Gasteiger partial charge in [-0.1, -0.05) is 6.07 Å². The second-order valence-electron chi connectivity index (χ2n) is 7.78. The molecule has 0 saturated carbocycles. The molecule has 1 aromatic carbocycles. The Kier molecular flexibility index (Phi) is 9.00. The minimum Gasteiger partial charge on any atom is -0.481 e. The van der Waals surface area contributed by atoms with Gasteiger partial charge in [-0.25, -0.2) is 0 Å². The summed E-state index contributed by atoms with van der Waals surface area (Å²) in [4.78, 5) is 46.0. The van der Waals surface area contributed by atoms with Gasteiger partial charge in [-0.05, 0) is 23.6 Å². The van der Waals surface area contributed by atoms with Gasteiger partial charge in [-0.3, -0.25) is 19.2 Å². The highest BCUT2D eigenvalue weighted by Gasteiger charge is 2.49. The number of hydrogen-bond acceptors (Lipinski definition) is 9. The molecule has 0 aromatic heterocycles. The van der Waals surface area contributed by atoms with Crippen LogP contribution in [0.1, 0.15) is 31.7 Å². The van der Waals surface area contributed by atoms with Gasteiger partial charge >= 0.3 is 23.9 Å². The zero-order chi connectivity index (χ0) is 24.7. The minimum absolute atomic E-state index is 0.101. The second-order valence-corrected chi connectivity index (χ2v) is 7.78. The van der Waals surface area contributed by atoms with Crippen molar-refractivity contribution in [3.8, 4) is 5.75 Å². The number of hydrogen-bond donors (Lipinski definition) is 5. The number of esters is 1. The Morgan fingerprint density at radius 3 is 2.06 bits per heavy atom. The molecular formula is C21H27NO11. The molecule has 12 nitrogen and oxygen atoms in total. The lowest BCUT2D eigenvalue weighted by Gasteiger charge is -2.45. The van der Waals surface area contributed by atoms with Gasteiger partial charge in [0.05, 0.1) is 31.2 Å². The maximum Gasteiger partial charge on any atom is 0.303 e. The van der Waals surface area contributed by atoms with E-state index in [2.05, 4.69) is 0 Å². The predicted octanol–water partition coefficient (Wildman–Crippen LogP) is 0.701. The average molecular weight is 469 g/mol. The standard InChI is InChI=1S/C21H27NO11/c1-10(24)31-9-17-13(6-19(27)28)12(5-18(25)26)14(7-20(29)30)21(33-17)32-16-3-2-11(8-23)4-15(16)22/h2-4,12-14,17,21,23H,5-9,22H2,1H3,(H,25,26)(H,27,28)(H,29,30)/t12-,13-,14+,17-,21+/m0/s1. The van der Waals surface area contributed by atoms with E-state index in [0.717, 1.165) is 6.92 Å². The average Bonchev–Trinajstić information content (AvgIpc) is 2.71. The van der Waals surface area contributed by atoms with Crippen LogP contribution in [0.5, 0.6) is 5.75 Å². The number of nitrogen functional groups attached to an aromatic ring is 1. The number of ether oxygens (including phenoxy) is 3. The molecule has 0 bridgehead atoms. The number of carbonyl (C=O) groups is 4. The molecule has 1 aromatic rings. The van der Waals surface area contributed by atoms with Crippen molar-refractivity contribution in [1.82, 2.24) is 0 Å². The summed E-state index contributed by atoms with van der Waals surface area (Å²) in [6.45, 7) is 0.504. The SMILES string of the molecule is CC(=O)OC[C@@H]1O[C@@H](Oc2ccc(CO)cc2N)[C@H](CC(=O)O)[C@@H](CC(=O)O)[C@@H]1CC(=O)O. The number of anilines is 1. The van der Waals surface area contributed by atoms with Crippen LogP contribution >= 0.6 is 0 Å². The van der Waals surface area contributed by atoms with E-state index in [1.165, 1.54) is 18.2 Å². The highest BCUT2D eigenvalue weighted by atomic mass is 16.7. The normalized spacial score (nSPS) is 24.6. The fraction of sp³-hybridized carbons (Fsp3) is 0.524. The van der Waals surface area contributed by atoms with E-state index in [1.54, 1.807) is 0 Å². The molecule has 6 N–H and O–H groups in total. The first-order chi connectivity index (χ1) is 15.5. The maximum absolute atomic E-state index is 11.6. The maximum atomic E-state index is 11.6. The van der Waals surface area contributed by atoms with Crippen molar-refractivity contribution in [2.45, 2.75) is 45.2 Å². The van der Waals surface area contributed by atoms with E-state index in [0.29, 0.717) is 5.56 Å². The summed E-state index contributed by atoms with van der Waals surface area (Å²) < 4.78 is 16.7. The quantitative estimate of drug-likeness (QED) is 0.224. The van der Waals surface area contributed by atoms with Gasteiger partial charge in [-0.15, -0.1) is 0 Å². The molecule has 0 radical (unpaired) electrons. The summed E-state index contributed by atoms with van der Waals surface area (Å²) in [7, 11) is 0. The van der Waals surface area contributed by atoms with Crippen LogP contribution in [-0.2, 0) is 35.3 Å². The lowest BCUT2D eigenvalue weighted by Crippen LogP contribution is -2.53. The van der Waals surface area contributed by atoms with E-state index < -0.39 is 73.3 Å². The van der Waals surface area contributed by atoms with Crippen LogP contribution in [-0.4, -0.2) is 63.3 Å². The summed E-state index contributed by atoms with van der Waals surface area (Å²) in [6, 6.07) is 4.42. The third-order valence-corrected chi connectivity index (χ3v) is 5.42. The number of carboxylic acid groups (broad SMARTS) is 3. The number of aliphatic hydroxyl groups excluding tert-OH is 1. The first kappa shape index (κ1) is 25.9. The number of carboxylic acids is 3. The van der Waals surface area contributed by atoms with Crippen LogP contribution in [0.25, 0.3) is 0 Å². The molecule has 182 valence electrons. The van der Waals surface area contributed by atoms with Crippen LogP contribution < -0.4 is 10.5 Å². The third kappa shape index (κ3) is 7.32. The zero-order valence-corrected chi connectivity index (χ0v) is 17.9. The Bertz CT molecular complexity index is 887. The van der Waals surface area contributed by atoms with Crippen LogP contribution in [0.2, 0.25) is 0 Å². The second kappa shape index (κ2) is 11.5. The summed E-state index contributed by atoms with van der Waals surface area (Å²) in [6.07, 6.45) is -4.02. The third-order valence-electron chi connectivity index (χ3n) is 5.42. The van der Waals surface area contributed by atoms with Gasteiger partial charge in [0.1, 0.15) is 12.4 Å². The lowest BCUT2D eigenvalue weighted by molar-refractivity contribution is -0.236. The summed E-state index contributed by atoms with van der Waals surface area (Å²) >= 11 is 0. The van der Waals surface area contributed by atoms with Crippen molar-refractivity contribution >= 4 is 29.6 Å².